The highest BCUT2D eigenvalue weighted by molar-refractivity contribution is 5.14. The molecular formula is C56H102O24. The van der Waals surface area contributed by atoms with Crippen LogP contribution in [0.1, 0.15) is 156 Å². The van der Waals surface area contributed by atoms with Gasteiger partial charge in [-0.1, -0.05) is 124 Å². The Labute approximate surface area is 471 Å². The maximum Gasteiger partial charge on any atom is 0.218 e. The fourth-order valence-electron chi connectivity index (χ4n) is 11.8. The molecule has 2 saturated heterocycles. The Kier molecular flexibility index (Phi) is 32.2. The summed E-state index contributed by atoms with van der Waals surface area (Å²) in [7, 11) is 0. The number of rotatable bonds is 42. The molecule has 24 nitrogen and oxygen atoms in total. The molecule has 0 aromatic heterocycles. The molecule has 2 aliphatic carbocycles. The molecule has 0 amide bonds. The van der Waals surface area contributed by atoms with Crippen molar-refractivity contribution in [2.24, 2.45) is 23.2 Å². The summed E-state index contributed by atoms with van der Waals surface area (Å²) < 4.78 is 49.1. The van der Waals surface area contributed by atoms with E-state index in [2.05, 4.69) is 13.8 Å². The molecular weight excluding hydrogens is 1060 g/mol. The summed E-state index contributed by atoms with van der Waals surface area (Å²) in [5.74, 6) is -6.08. The maximum atomic E-state index is 11.7. The Balaban J connectivity index is 1.63. The summed E-state index contributed by atoms with van der Waals surface area (Å²) in [5, 5.41) is 169. The molecule has 2 aliphatic heterocycles. The Hall–Kier alpha value is -2.12. The Morgan fingerprint density at radius 1 is 0.500 bits per heavy atom. The summed E-state index contributed by atoms with van der Waals surface area (Å²) >= 11 is 0. The number of ether oxygens (including phenoxy) is 8. The molecule has 80 heavy (non-hydrogen) atoms. The van der Waals surface area contributed by atoms with Gasteiger partial charge in [-0.25, -0.2) is 0 Å². The zero-order valence-electron chi connectivity index (χ0n) is 47.4. The normalized spacial score (nSPS) is 33.8. The van der Waals surface area contributed by atoms with Crippen LogP contribution in [-0.2, 0) is 37.9 Å². The van der Waals surface area contributed by atoms with Gasteiger partial charge in [0.05, 0.1) is 38.6 Å². The van der Waals surface area contributed by atoms with Crippen molar-refractivity contribution < 1.29 is 120 Å². The lowest BCUT2D eigenvalue weighted by Crippen LogP contribution is -2.64. The van der Waals surface area contributed by atoms with Crippen molar-refractivity contribution in [1.29, 1.82) is 0 Å². The molecule has 0 radical (unpaired) electrons. The number of hydrogen-bond acceptors (Lipinski definition) is 24. The average molecular weight is 1160 g/mol. The van der Waals surface area contributed by atoms with Crippen LogP contribution < -0.4 is 0 Å². The van der Waals surface area contributed by atoms with Crippen molar-refractivity contribution in [3.05, 3.63) is 23.0 Å². The van der Waals surface area contributed by atoms with Gasteiger partial charge in [0.25, 0.3) is 0 Å². The van der Waals surface area contributed by atoms with Crippen molar-refractivity contribution in [3.8, 4) is 0 Å². The fourth-order valence-corrected chi connectivity index (χ4v) is 11.8. The van der Waals surface area contributed by atoms with Crippen molar-refractivity contribution in [2.75, 3.05) is 52.9 Å². The van der Waals surface area contributed by atoms with Gasteiger partial charge < -0.3 is 120 Å². The molecule has 2 saturated carbocycles. The van der Waals surface area contributed by atoms with E-state index in [0.717, 1.165) is 51.4 Å². The molecule has 0 aromatic rings. The van der Waals surface area contributed by atoms with Crippen LogP contribution in [0.25, 0.3) is 0 Å². The van der Waals surface area contributed by atoms with Gasteiger partial charge in [-0.05, 0) is 37.0 Å². The third-order valence-electron chi connectivity index (χ3n) is 16.6. The molecule has 2 bridgehead atoms. The summed E-state index contributed by atoms with van der Waals surface area (Å²) in [5.41, 5.74) is -0.718. The summed E-state index contributed by atoms with van der Waals surface area (Å²) in [4.78, 5) is 0. The highest BCUT2D eigenvalue weighted by atomic mass is 16.8. The number of unbranched alkanes of at least 4 members (excludes halogenated alkanes) is 16. The first-order valence-corrected chi connectivity index (χ1v) is 29.6. The number of fused-ring (bicyclic) bond motifs is 2. The van der Waals surface area contributed by atoms with Crippen LogP contribution in [0, 0.1) is 23.2 Å². The Bertz CT molecular complexity index is 1740. The van der Waals surface area contributed by atoms with Crippen LogP contribution in [0.3, 0.4) is 0 Å². The third kappa shape index (κ3) is 19.7. The van der Waals surface area contributed by atoms with Gasteiger partial charge in [0.15, 0.2) is 35.6 Å². The minimum Gasteiger partial charge on any atom is -0.506 e. The number of hydrogen-bond donors (Lipinski definition) is 16. The zero-order valence-corrected chi connectivity index (χ0v) is 47.4. The smallest absolute Gasteiger partial charge is 0.218 e. The van der Waals surface area contributed by atoms with Crippen LogP contribution in [0.4, 0.5) is 0 Å². The molecule has 0 spiro atoms. The molecule has 470 valence electrons. The van der Waals surface area contributed by atoms with Crippen molar-refractivity contribution >= 4 is 0 Å². The van der Waals surface area contributed by atoms with E-state index in [4.69, 9.17) is 48.1 Å². The van der Waals surface area contributed by atoms with Gasteiger partial charge in [0.2, 0.25) is 12.6 Å². The van der Waals surface area contributed by atoms with Crippen molar-refractivity contribution in [1.82, 2.24) is 0 Å². The molecule has 0 aromatic carbocycles. The summed E-state index contributed by atoms with van der Waals surface area (Å²) in [6.45, 7) is 4.91. The van der Waals surface area contributed by atoms with E-state index in [1.165, 1.54) is 64.2 Å². The largest absolute Gasteiger partial charge is 0.506 e. The highest BCUT2D eigenvalue weighted by Gasteiger charge is 2.67. The van der Waals surface area contributed by atoms with Crippen molar-refractivity contribution in [3.63, 3.8) is 0 Å². The quantitative estimate of drug-likeness (QED) is 0.0237. The van der Waals surface area contributed by atoms with Gasteiger partial charge in [0.1, 0.15) is 61.0 Å². The summed E-state index contributed by atoms with van der Waals surface area (Å²) in [6, 6.07) is 0. The molecule has 2 heterocycles. The molecule has 20 atom stereocenters. The monoisotopic (exact) mass is 1160 g/mol. The van der Waals surface area contributed by atoms with Crippen LogP contribution >= 0.6 is 0 Å². The number of aliphatic hydroxyl groups is 16. The second kappa shape index (κ2) is 36.7. The van der Waals surface area contributed by atoms with Crippen LogP contribution in [0.2, 0.25) is 0 Å². The second-order valence-electron chi connectivity index (χ2n) is 22.5. The highest BCUT2D eigenvalue weighted by Crippen LogP contribution is 2.62. The van der Waals surface area contributed by atoms with Crippen LogP contribution in [0.15, 0.2) is 23.0 Å². The van der Waals surface area contributed by atoms with Crippen LogP contribution in [-0.4, -0.2) is 233 Å². The molecule has 4 rings (SSSR count). The predicted molar refractivity (Wildman–Crippen MR) is 286 cm³/mol. The van der Waals surface area contributed by atoms with Gasteiger partial charge >= 0.3 is 0 Å². The van der Waals surface area contributed by atoms with Crippen molar-refractivity contribution in [2.45, 2.75) is 254 Å². The summed E-state index contributed by atoms with van der Waals surface area (Å²) in [6.07, 6.45) is -9.02. The SMILES string of the molecule is CCCCCCCCCCCOCC1C2CC(C(O[C@@H]3OC(CO)[C@@H](O[C@@H](O)/C(O)=C(\O)[C@H](O)CCO)C(O)C3O)C2O[C@@H]2OC(CO)[C@@H](O[C@@H](O)/C(O)=C(\O)[C@H](O)CCO)C(O)C2O)C1(C)COCCCCCCCCCCC. The fraction of sp³-hybridized carbons (Fsp3) is 0.929. The lowest BCUT2D eigenvalue weighted by Gasteiger charge is -2.51. The second-order valence-corrected chi connectivity index (χ2v) is 22.5. The zero-order chi connectivity index (χ0) is 58.9. The van der Waals surface area contributed by atoms with E-state index in [1.54, 1.807) is 0 Å². The van der Waals surface area contributed by atoms with E-state index in [-0.39, 0.29) is 19.1 Å². The molecule has 4 aliphatic rings. The van der Waals surface area contributed by atoms with Gasteiger partial charge in [-0.2, -0.15) is 0 Å². The van der Waals surface area contributed by atoms with E-state index >= 15 is 0 Å². The third-order valence-corrected chi connectivity index (χ3v) is 16.6. The first-order chi connectivity index (χ1) is 38.4. The lowest BCUT2D eigenvalue weighted by atomic mass is 9.66. The van der Waals surface area contributed by atoms with E-state index in [0.29, 0.717) is 19.6 Å². The molecule has 4 fully saturated rings. The van der Waals surface area contributed by atoms with E-state index in [9.17, 15) is 71.5 Å². The maximum absolute atomic E-state index is 11.7. The van der Waals surface area contributed by atoms with Gasteiger partial charge in [0, 0.05) is 44.7 Å². The topological polar surface area (TPSA) is 398 Å². The van der Waals surface area contributed by atoms with E-state index in [1.807, 2.05) is 6.92 Å². The van der Waals surface area contributed by atoms with Gasteiger partial charge in [-0.15, -0.1) is 0 Å². The minimum absolute atomic E-state index is 0.244. The molecule has 16 N–H and O–H groups in total. The number of aliphatic hydroxyl groups excluding tert-OH is 16. The average Bonchev–Trinajstić information content (AvgIpc) is 4.09. The molecule has 24 heteroatoms. The Morgan fingerprint density at radius 2 is 0.887 bits per heavy atom. The predicted octanol–water partition coefficient (Wildman–Crippen LogP) is 2.55. The standard InChI is InChI=1S/C56H102O24/c1-4-6-8-10-12-14-16-18-20-26-73-31-35-33-28-34(56(35,3)32-74-27-21-19-17-15-13-11-9-7-5-2)49(80-55-47(70)43(66)51(39(30-60)76-55)78-53(72)45(68)41(64)37(62)23-25-58)48(33)79-54-46(69)42(65)50(38(29-59)75-54)77-52(71)44(67)40(63)36(61)22-24-57/h33-39,42-43,46-55,57-72H,4-32H2,1-3H3/b44-40+,45-41+/t33?,34?,35?,36-,37-,38?,39?,42?,43?,46?,47?,48?,49?,50-,51-,52-,53-,54+,55+,56?/m1/s1. The van der Waals surface area contributed by atoms with E-state index < -0.39 is 178 Å². The first kappa shape index (κ1) is 70.4. The molecule has 12 unspecified atom stereocenters. The Morgan fingerprint density at radius 3 is 1.29 bits per heavy atom. The first-order valence-electron chi connectivity index (χ1n) is 29.6. The minimum atomic E-state index is -2.42. The van der Waals surface area contributed by atoms with Crippen LogP contribution in [0.5, 0.6) is 0 Å². The lowest BCUT2D eigenvalue weighted by molar-refractivity contribution is -0.362. The van der Waals surface area contributed by atoms with Gasteiger partial charge in [-0.3, -0.25) is 0 Å².